The molecule has 1 saturated carbocycles. The van der Waals surface area contributed by atoms with Gasteiger partial charge in [-0.15, -0.1) is 0 Å². The molecule has 0 aromatic rings. The van der Waals surface area contributed by atoms with Gasteiger partial charge in [-0.05, 0) is 46.7 Å². The van der Waals surface area contributed by atoms with Crippen molar-refractivity contribution in [3.05, 3.63) is 0 Å². The van der Waals surface area contributed by atoms with Crippen molar-refractivity contribution in [1.29, 1.82) is 0 Å². The van der Waals surface area contributed by atoms with Gasteiger partial charge in [0.1, 0.15) is 0 Å². The molecule has 0 aliphatic heterocycles. The summed E-state index contributed by atoms with van der Waals surface area (Å²) in [6.45, 7) is 8.04. The van der Waals surface area contributed by atoms with Crippen molar-refractivity contribution in [2.24, 2.45) is 5.92 Å². The van der Waals surface area contributed by atoms with Gasteiger partial charge in [0.15, 0.2) is 0 Å². The predicted octanol–water partition coefficient (Wildman–Crippen LogP) is 2.10. The summed E-state index contributed by atoms with van der Waals surface area (Å²) in [6.07, 6.45) is 4.17. The number of hydrogen-bond acceptors (Lipinski definition) is 2. The smallest absolute Gasteiger partial charge is 0.0271 e. The molecule has 1 aliphatic carbocycles. The Kier molecular flexibility index (Phi) is 3.96. The Balaban J connectivity index is 2.32. The maximum atomic E-state index is 3.71. The van der Waals surface area contributed by atoms with Gasteiger partial charge in [0.25, 0.3) is 0 Å². The standard InChI is InChI=1S/C12H26N2/c1-10-7-6-8-11(10)13-9-12(2,3)14(4)5/h10-11,13H,6-9H2,1-5H3. The summed E-state index contributed by atoms with van der Waals surface area (Å²) >= 11 is 0. The normalized spacial score (nSPS) is 28.7. The Bertz CT molecular complexity index is 175. The minimum Gasteiger partial charge on any atom is -0.312 e. The second-order valence-electron chi connectivity index (χ2n) is 5.60. The molecule has 1 rings (SSSR count). The highest BCUT2D eigenvalue weighted by molar-refractivity contribution is 4.86. The largest absolute Gasteiger partial charge is 0.312 e. The van der Waals surface area contributed by atoms with Crippen LogP contribution in [0, 0.1) is 5.92 Å². The van der Waals surface area contributed by atoms with E-state index in [-0.39, 0.29) is 5.54 Å². The zero-order chi connectivity index (χ0) is 10.8. The molecule has 0 radical (unpaired) electrons. The SMILES string of the molecule is CC1CCCC1NCC(C)(C)N(C)C. The Morgan fingerprint density at radius 1 is 1.29 bits per heavy atom. The summed E-state index contributed by atoms with van der Waals surface area (Å²) < 4.78 is 0. The van der Waals surface area contributed by atoms with E-state index in [1.165, 1.54) is 19.3 Å². The van der Waals surface area contributed by atoms with Gasteiger partial charge in [-0.2, -0.15) is 0 Å². The van der Waals surface area contributed by atoms with Crippen LogP contribution < -0.4 is 5.32 Å². The van der Waals surface area contributed by atoms with Crippen molar-refractivity contribution in [2.45, 2.75) is 51.6 Å². The lowest BCUT2D eigenvalue weighted by atomic mass is 10.0. The highest BCUT2D eigenvalue weighted by atomic mass is 15.2. The van der Waals surface area contributed by atoms with Crippen LogP contribution in [0.3, 0.4) is 0 Å². The average Bonchev–Trinajstić information content (AvgIpc) is 2.47. The van der Waals surface area contributed by atoms with Gasteiger partial charge in [0, 0.05) is 18.1 Å². The highest BCUT2D eigenvalue weighted by Gasteiger charge is 2.26. The van der Waals surface area contributed by atoms with E-state index in [4.69, 9.17) is 0 Å². The zero-order valence-electron chi connectivity index (χ0n) is 10.4. The van der Waals surface area contributed by atoms with E-state index in [9.17, 15) is 0 Å². The minimum atomic E-state index is 0.266. The van der Waals surface area contributed by atoms with Gasteiger partial charge >= 0.3 is 0 Å². The first-order valence-corrected chi connectivity index (χ1v) is 5.84. The Labute approximate surface area is 89.1 Å². The second kappa shape index (κ2) is 4.63. The number of likely N-dealkylation sites (N-methyl/N-ethyl adjacent to an activating group) is 1. The third-order valence-electron chi connectivity index (χ3n) is 3.87. The molecule has 0 heterocycles. The summed E-state index contributed by atoms with van der Waals surface area (Å²) in [5, 5.41) is 3.71. The van der Waals surface area contributed by atoms with E-state index in [1.807, 2.05) is 0 Å². The van der Waals surface area contributed by atoms with Crippen LogP contribution in [0.5, 0.6) is 0 Å². The molecule has 0 amide bonds. The van der Waals surface area contributed by atoms with Gasteiger partial charge in [-0.3, -0.25) is 0 Å². The Hall–Kier alpha value is -0.0800. The lowest BCUT2D eigenvalue weighted by molar-refractivity contribution is 0.180. The lowest BCUT2D eigenvalue weighted by Gasteiger charge is -2.34. The molecular formula is C12H26N2. The molecule has 2 unspecified atom stereocenters. The van der Waals surface area contributed by atoms with Crippen LogP contribution in [0.2, 0.25) is 0 Å². The maximum absolute atomic E-state index is 3.71. The molecule has 1 fully saturated rings. The first-order valence-electron chi connectivity index (χ1n) is 5.84. The summed E-state index contributed by atoms with van der Waals surface area (Å²) in [6, 6.07) is 0.759. The minimum absolute atomic E-state index is 0.266. The number of hydrogen-bond donors (Lipinski definition) is 1. The molecular weight excluding hydrogens is 172 g/mol. The van der Waals surface area contributed by atoms with E-state index >= 15 is 0 Å². The second-order valence-corrected chi connectivity index (χ2v) is 5.60. The van der Waals surface area contributed by atoms with E-state index in [0.717, 1.165) is 18.5 Å². The van der Waals surface area contributed by atoms with Crippen molar-refractivity contribution in [3.63, 3.8) is 0 Å². The van der Waals surface area contributed by atoms with Crippen molar-refractivity contribution in [2.75, 3.05) is 20.6 Å². The first kappa shape index (κ1) is 12.0. The predicted molar refractivity (Wildman–Crippen MR) is 62.6 cm³/mol. The molecule has 2 heteroatoms. The van der Waals surface area contributed by atoms with Crippen LogP contribution >= 0.6 is 0 Å². The molecule has 0 saturated heterocycles. The molecule has 0 aromatic carbocycles. The fraction of sp³-hybridized carbons (Fsp3) is 1.00. The number of nitrogens with zero attached hydrogens (tertiary/aromatic N) is 1. The van der Waals surface area contributed by atoms with Crippen LogP contribution in [0.4, 0.5) is 0 Å². The van der Waals surface area contributed by atoms with Crippen LogP contribution in [-0.2, 0) is 0 Å². The van der Waals surface area contributed by atoms with E-state index in [1.54, 1.807) is 0 Å². The molecule has 1 N–H and O–H groups in total. The molecule has 0 spiro atoms. The highest BCUT2D eigenvalue weighted by Crippen LogP contribution is 2.25. The molecule has 0 aromatic heterocycles. The maximum Gasteiger partial charge on any atom is 0.0271 e. The average molecular weight is 198 g/mol. The quantitative estimate of drug-likeness (QED) is 0.744. The Morgan fingerprint density at radius 2 is 1.93 bits per heavy atom. The van der Waals surface area contributed by atoms with E-state index < -0.39 is 0 Å². The number of nitrogens with one attached hydrogen (secondary N) is 1. The topological polar surface area (TPSA) is 15.3 Å². The van der Waals surface area contributed by atoms with Crippen LogP contribution in [0.25, 0.3) is 0 Å². The van der Waals surface area contributed by atoms with Crippen molar-refractivity contribution < 1.29 is 0 Å². The summed E-state index contributed by atoms with van der Waals surface area (Å²) in [7, 11) is 4.31. The zero-order valence-corrected chi connectivity index (χ0v) is 10.4. The molecule has 2 atom stereocenters. The third kappa shape index (κ3) is 2.96. The van der Waals surface area contributed by atoms with Crippen molar-refractivity contribution >= 4 is 0 Å². The van der Waals surface area contributed by atoms with Crippen LogP contribution in [0.15, 0.2) is 0 Å². The fourth-order valence-electron chi connectivity index (χ4n) is 1.99. The van der Waals surface area contributed by atoms with Crippen LogP contribution in [0.1, 0.15) is 40.0 Å². The van der Waals surface area contributed by atoms with E-state index in [0.29, 0.717) is 0 Å². The van der Waals surface area contributed by atoms with Gasteiger partial charge in [-0.25, -0.2) is 0 Å². The van der Waals surface area contributed by atoms with E-state index in [2.05, 4.69) is 45.1 Å². The van der Waals surface area contributed by atoms with Gasteiger partial charge in [-0.1, -0.05) is 13.3 Å². The third-order valence-corrected chi connectivity index (χ3v) is 3.87. The first-order chi connectivity index (χ1) is 6.43. The van der Waals surface area contributed by atoms with Crippen molar-refractivity contribution in [3.8, 4) is 0 Å². The monoisotopic (exact) mass is 198 g/mol. The molecule has 0 bridgehead atoms. The van der Waals surface area contributed by atoms with Crippen molar-refractivity contribution in [1.82, 2.24) is 10.2 Å². The summed E-state index contributed by atoms with van der Waals surface area (Å²) in [5.74, 6) is 0.868. The summed E-state index contributed by atoms with van der Waals surface area (Å²) in [5.41, 5.74) is 0.266. The molecule has 14 heavy (non-hydrogen) atoms. The summed E-state index contributed by atoms with van der Waals surface area (Å²) in [4.78, 5) is 2.29. The Morgan fingerprint density at radius 3 is 2.36 bits per heavy atom. The lowest BCUT2D eigenvalue weighted by Crippen LogP contribution is -2.49. The van der Waals surface area contributed by atoms with Gasteiger partial charge in [0.2, 0.25) is 0 Å². The van der Waals surface area contributed by atoms with Gasteiger partial charge in [0.05, 0.1) is 0 Å². The molecule has 84 valence electrons. The molecule has 1 aliphatic rings. The fourth-order valence-corrected chi connectivity index (χ4v) is 1.99. The van der Waals surface area contributed by atoms with Crippen LogP contribution in [-0.4, -0.2) is 37.1 Å². The molecule has 2 nitrogen and oxygen atoms in total. The van der Waals surface area contributed by atoms with Gasteiger partial charge < -0.3 is 10.2 Å². The number of rotatable bonds is 4.